The van der Waals surface area contributed by atoms with E-state index in [4.69, 9.17) is 4.74 Å². The monoisotopic (exact) mass is 258 g/mol. The van der Waals surface area contributed by atoms with Crippen LogP contribution in [-0.2, 0) is 11.8 Å². The average Bonchev–Trinajstić information content (AvgIpc) is 2.77. The number of nitrogens with zero attached hydrogens (tertiary/aromatic N) is 2. The molecule has 19 heavy (non-hydrogen) atoms. The lowest BCUT2D eigenvalue weighted by molar-refractivity contribution is 0.00310. The van der Waals surface area contributed by atoms with E-state index in [9.17, 15) is 4.79 Å². The molecule has 100 valence electrons. The first-order valence-corrected chi connectivity index (χ1v) is 6.61. The minimum atomic E-state index is 0.0921. The molecule has 0 unspecified atom stereocenters. The summed E-state index contributed by atoms with van der Waals surface area (Å²) in [6.07, 6.45) is 0. The first kappa shape index (κ1) is 12.2. The summed E-state index contributed by atoms with van der Waals surface area (Å²) < 4.78 is 7.36. The van der Waals surface area contributed by atoms with E-state index in [0.717, 1.165) is 16.6 Å². The molecule has 4 heteroatoms. The zero-order valence-electron chi connectivity index (χ0n) is 11.3. The van der Waals surface area contributed by atoms with Gasteiger partial charge in [0, 0.05) is 24.5 Å². The van der Waals surface area contributed by atoms with Crippen molar-refractivity contribution < 1.29 is 9.53 Å². The van der Waals surface area contributed by atoms with Gasteiger partial charge in [0.1, 0.15) is 5.69 Å². The van der Waals surface area contributed by atoms with Crippen molar-refractivity contribution in [3.8, 4) is 0 Å². The van der Waals surface area contributed by atoms with Crippen LogP contribution in [0.1, 0.15) is 17.4 Å². The number of aryl methyl sites for hydroxylation is 1. The van der Waals surface area contributed by atoms with E-state index >= 15 is 0 Å². The predicted octanol–water partition coefficient (Wildman–Crippen LogP) is 2.04. The number of fused-ring (bicyclic) bond motifs is 1. The molecule has 1 aromatic heterocycles. The van der Waals surface area contributed by atoms with Crippen LogP contribution in [0.25, 0.3) is 10.9 Å². The second kappa shape index (κ2) is 4.70. The zero-order valence-corrected chi connectivity index (χ0v) is 11.3. The topological polar surface area (TPSA) is 34.5 Å². The van der Waals surface area contributed by atoms with Crippen LogP contribution in [0, 0.1) is 0 Å². The standard InChI is InChI=1S/C15H18N2O2/c1-11-10-19-8-7-17(11)15(18)14-9-12-5-3-4-6-13(12)16(14)2/h3-6,9,11H,7-8,10H2,1-2H3/t11-/m1/s1. The number of hydrogen-bond donors (Lipinski definition) is 0. The van der Waals surface area contributed by atoms with Gasteiger partial charge in [-0.2, -0.15) is 0 Å². The summed E-state index contributed by atoms with van der Waals surface area (Å²) >= 11 is 0. The fourth-order valence-corrected chi connectivity index (χ4v) is 2.67. The van der Waals surface area contributed by atoms with Crippen molar-refractivity contribution in [3.05, 3.63) is 36.0 Å². The van der Waals surface area contributed by atoms with Crippen molar-refractivity contribution in [1.82, 2.24) is 9.47 Å². The van der Waals surface area contributed by atoms with E-state index in [1.54, 1.807) is 0 Å². The lowest BCUT2D eigenvalue weighted by atomic mass is 10.2. The highest BCUT2D eigenvalue weighted by Crippen LogP contribution is 2.21. The number of rotatable bonds is 1. The Balaban J connectivity index is 1.99. The summed E-state index contributed by atoms with van der Waals surface area (Å²) in [5.41, 5.74) is 1.83. The Bertz CT molecular complexity index is 618. The second-order valence-electron chi connectivity index (χ2n) is 5.07. The highest BCUT2D eigenvalue weighted by atomic mass is 16.5. The molecule has 2 aromatic rings. The van der Waals surface area contributed by atoms with Gasteiger partial charge in [-0.25, -0.2) is 0 Å². The molecular weight excluding hydrogens is 240 g/mol. The van der Waals surface area contributed by atoms with E-state index in [1.807, 2.05) is 53.8 Å². The quantitative estimate of drug-likeness (QED) is 0.784. The van der Waals surface area contributed by atoms with Crippen molar-refractivity contribution in [3.63, 3.8) is 0 Å². The van der Waals surface area contributed by atoms with Gasteiger partial charge in [0.15, 0.2) is 0 Å². The molecule has 0 N–H and O–H groups in total. The number of morpholine rings is 1. The molecule has 1 saturated heterocycles. The summed E-state index contributed by atoms with van der Waals surface area (Å²) in [4.78, 5) is 14.6. The normalized spacial score (nSPS) is 19.9. The molecule has 1 fully saturated rings. The Morgan fingerprint density at radius 3 is 2.89 bits per heavy atom. The second-order valence-corrected chi connectivity index (χ2v) is 5.07. The maximum Gasteiger partial charge on any atom is 0.270 e. The molecule has 0 radical (unpaired) electrons. The molecule has 0 aliphatic carbocycles. The van der Waals surface area contributed by atoms with Crippen molar-refractivity contribution in [2.24, 2.45) is 7.05 Å². The molecule has 1 aliphatic heterocycles. The van der Waals surface area contributed by atoms with Crippen molar-refractivity contribution in [1.29, 1.82) is 0 Å². The van der Waals surface area contributed by atoms with Gasteiger partial charge < -0.3 is 14.2 Å². The summed E-state index contributed by atoms with van der Waals surface area (Å²) in [5.74, 6) is 0.0921. The smallest absolute Gasteiger partial charge is 0.270 e. The molecule has 0 saturated carbocycles. The van der Waals surface area contributed by atoms with Crippen molar-refractivity contribution >= 4 is 16.8 Å². The van der Waals surface area contributed by atoms with Crippen LogP contribution in [0.5, 0.6) is 0 Å². The van der Waals surface area contributed by atoms with Crippen LogP contribution >= 0.6 is 0 Å². The molecule has 2 heterocycles. The number of ether oxygens (including phenoxy) is 1. The fourth-order valence-electron chi connectivity index (χ4n) is 2.67. The van der Waals surface area contributed by atoms with E-state index in [2.05, 4.69) is 0 Å². The summed E-state index contributed by atoms with van der Waals surface area (Å²) in [6.45, 7) is 3.94. The van der Waals surface area contributed by atoms with Gasteiger partial charge in [0.05, 0.1) is 19.3 Å². The fraction of sp³-hybridized carbons (Fsp3) is 0.400. The highest BCUT2D eigenvalue weighted by molar-refractivity contribution is 5.98. The molecule has 0 bridgehead atoms. The Kier molecular flexibility index (Phi) is 3.03. The Hall–Kier alpha value is -1.81. The summed E-state index contributed by atoms with van der Waals surface area (Å²) in [5, 5.41) is 1.11. The Morgan fingerprint density at radius 2 is 2.16 bits per heavy atom. The third kappa shape index (κ3) is 2.02. The largest absolute Gasteiger partial charge is 0.377 e. The van der Waals surface area contributed by atoms with Gasteiger partial charge >= 0.3 is 0 Å². The van der Waals surface area contributed by atoms with Crippen LogP contribution in [-0.4, -0.2) is 41.2 Å². The number of carbonyl (C=O) groups excluding carboxylic acids is 1. The van der Waals surface area contributed by atoms with E-state index in [0.29, 0.717) is 19.8 Å². The number of aromatic nitrogens is 1. The van der Waals surface area contributed by atoms with Gasteiger partial charge in [-0.3, -0.25) is 4.79 Å². The average molecular weight is 258 g/mol. The van der Waals surface area contributed by atoms with Crippen molar-refractivity contribution in [2.45, 2.75) is 13.0 Å². The Morgan fingerprint density at radius 1 is 1.37 bits per heavy atom. The third-order valence-corrected chi connectivity index (χ3v) is 3.80. The molecule has 0 spiro atoms. The molecule has 3 rings (SSSR count). The number of amides is 1. The first-order valence-electron chi connectivity index (χ1n) is 6.61. The van der Waals surface area contributed by atoms with E-state index in [-0.39, 0.29) is 11.9 Å². The number of hydrogen-bond acceptors (Lipinski definition) is 2. The maximum atomic E-state index is 12.7. The van der Waals surface area contributed by atoms with Crippen LogP contribution in [0.4, 0.5) is 0 Å². The predicted molar refractivity (Wildman–Crippen MR) is 74.2 cm³/mol. The third-order valence-electron chi connectivity index (χ3n) is 3.80. The number of para-hydroxylation sites is 1. The van der Waals surface area contributed by atoms with Gasteiger partial charge in [0.2, 0.25) is 0 Å². The zero-order chi connectivity index (χ0) is 13.4. The molecule has 4 nitrogen and oxygen atoms in total. The van der Waals surface area contributed by atoms with Gasteiger partial charge in [0.25, 0.3) is 5.91 Å². The van der Waals surface area contributed by atoms with Crippen LogP contribution in [0.2, 0.25) is 0 Å². The molecule has 1 aromatic carbocycles. The lowest BCUT2D eigenvalue weighted by Gasteiger charge is -2.33. The van der Waals surface area contributed by atoms with E-state index in [1.165, 1.54) is 0 Å². The van der Waals surface area contributed by atoms with Crippen LogP contribution in [0.15, 0.2) is 30.3 Å². The molecule has 1 atom stereocenters. The maximum absolute atomic E-state index is 12.7. The SMILES string of the molecule is C[C@@H]1COCCN1C(=O)c1cc2ccccc2n1C. The summed E-state index contributed by atoms with van der Waals surface area (Å²) in [7, 11) is 1.95. The van der Waals surface area contributed by atoms with Crippen LogP contribution < -0.4 is 0 Å². The number of benzene rings is 1. The molecular formula is C15H18N2O2. The summed E-state index contributed by atoms with van der Waals surface area (Å²) in [6, 6.07) is 10.2. The first-order chi connectivity index (χ1) is 9.18. The van der Waals surface area contributed by atoms with Crippen molar-refractivity contribution in [2.75, 3.05) is 19.8 Å². The number of carbonyl (C=O) groups is 1. The highest BCUT2D eigenvalue weighted by Gasteiger charge is 2.26. The van der Waals surface area contributed by atoms with Gasteiger partial charge in [-0.15, -0.1) is 0 Å². The minimum Gasteiger partial charge on any atom is -0.377 e. The molecule has 1 aliphatic rings. The van der Waals surface area contributed by atoms with E-state index < -0.39 is 0 Å². The van der Waals surface area contributed by atoms with Gasteiger partial charge in [-0.05, 0) is 19.1 Å². The van der Waals surface area contributed by atoms with Crippen LogP contribution in [0.3, 0.4) is 0 Å². The molecule has 1 amide bonds. The lowest BCUT2D eigenvalue weighted by Crippen LogP contribution is -2.47. The minimum absolute atomic E-state index is 0.0921. The Labute approximate surface area is 112 Å². The van der Waals surface area contributed by atoms with Gasteiger partial charge in [-0.1, -0.05) is 18.2 Å².